The van der Waals surface area contributed by atoms with Crippen LogP contribution in [0.5, 0.6) is 0 Å². The largest absolute Gasteiger partial charge is 0.351 e. The molecule has 0 spiro atoms. The number of amides is 1. The van der Waals surface area contributed by atoms with Gasteiger partial charge in [0.25, 0.3) is 0 Å². The van der Waals surface area contributed by atoms with Crippen LogP contribution in [0.25, 0.3) is 0 Å². The highest BCUT2D eigenvalue weighted by Crippen LogP contribution is 2.25. The number of carbonyl (C=O) groups excluding carboxylic acids is 1. The van der Waals surface area contributed by atoms with Gasteiger partial charge in [-0.1, -0.05) is 6.07 Å². The third-order valence-corrected chi connectivity index (χ3v) is 3.30. The van der Waals surface area contributed by atoms with Crippen molar-refractivity contribution < 1.29 is 4.79 Å². The summed E-state index contributed by atoms with van der Waals surface area (Å²) in [6.07, 6.45) is 4.39. The van der Waals surface area contributed by atoms with Crippen LogP contribution in [0.15, 0.2) is 18.2 Å². The van der Waals surface area contributed by atoms with E-state index in [0.29, 0.717) is 0 Å². The van der Waals surface area contributed by atoms with Crippen molar-refractivity contribution in [3.8, 4) is 0 Å². The maximum absolute atomic E-state index is 10.6. The normalized spacial score (nSPS) is 20.1. The summed E-state index contributed by atoms with van der Waals surface area (Å²) in [6, 6.07) is 6.56. The van der Waals surface area contributed by atoms with Gasteiger partial charge in [0, 0.05) is 12.2 Å². The summed E-state index contributed by atoms with van der Waals surface area (Å²) in [5, 5.41) is 2.92. The first-order valence-corrected chi connectivity index (χ1v) is 6.25. The molecule has 1 heterocycles. The second-order valence-electron chi connectivity index (χ2n) is 4.84. The Kier molecular flexibility index (Phi) is 3.67. The van der Waals surface area contributed by atoms with Gasteiger partial charge in [-0.05, 0) is 56.4 Å². The molecule has 1 saturated heterocycles. The molecule has 17 heavy (non-hydrogen) atoms. The summed E-state index contributed by atoms with van der Waals surface area (Å²) in [7, 11) is 0. The van der Waals surface area contributed by atoms with E-state index in [1.54, 1.807) is 0 Å². The standard InChI is InChI=1S/C14H20N2O/c1-11-7-12(2)9-13(8-11)16-6-4-3-5-14(16)15-10-17/h7-10,14H,3-6H2,1-2H3,(H,15,17). The average Bonchev–Trinajstić information content (AvgIpc) is 2.29. The van der Waals surface area contributed by atoms with E-state index in [1.165, 1.54) is 29.7 Å². The van der Waals surface area contributed by atoms with Crippen molar-refractivity contribution in [2.45, 2.75) is 39.3 Å². The Labute approximate surface area is 103 Å². The van der Waals surface area contributed by atoms with Gasteiger partial charge in [0.2, 0.25) is 6.41 Å². The van der Waals surface area contributed by atoms with Crippen LogP contribution in [0.4, 0.5) is 5.69 Å². The number of hydrogen-bond donors (Lipinski definition) is 1. The molecule has 92 valence electrons. The molecular formula is C14H20N2O. The molecule has 1 aromatic rings. The Hall–Kier alpha value is -1.51. The molecule has 3 heteroatoms. The van der Waals surface area contributed by atoms with E-state index in [2.05, 4.69) is 42.3 Å². The van der Waals surface area contributed by atoms with E-state index in [-0.39, 0.29) is 6.17 Å². The van der Waals surface area contributed by atoms with Crippen LogP contribution >= 0.6 is 0 Å². The number of nitrogens with one attached hydrogen (secondary N) is 1. The molecule has 1 fully saturated rings. The average molecular weight is 232 g/mol. The molecule has 0 radical (unpaired) electrons. The van der Waals surface area contributed by atoms with Gasteiger partial charge in [-0.3, -0.25) is 4.79 Å². The third-order valence-electron chi connectivity index (χ3n) is 3.30. The molecule has 1 atom stereocenters. The van der Waals surface area contributed by atoms with Crippen molar-refractivity contribution in [2.24, 2.45) is 0 Å². The van der Waals surface area contributed by atoms with Crippen LogP contribution in [0.3, 0.4) is 0 Å². The summed E-state index contributed by atoms with van der Waals surface area (Å²) in [6.45, 7) is 5.25. The number of anilines is 1. The van der Waals surface area contributed by atoms with Gasteiger partial charge in [0.05, 0.1) is 0 Å². The lowest BCUT2D eigenvalue weighted by molar-refractivity contribution is -0.110. The molecule has 0 bridgehead atoms. The maximum Gasteiger partial charge on any atom is 0.208 e. The molecule has 1 amide bonds. The summed E-state index contributed by atoms with van der Waals surface area (Å²) in [5.41, 5.74) is 3.77. The zero-order valence-electron chi connectivity index (χ0n) is 10.6. The Morgan fingerprint density at radius 1 is 1.24 bits per heavy atom. The highest BCUT2D eigenvalue weighted by molar-refractivity contribution is 5.54. The second-order valence-corrected chi connectivity index (χ2v) is 4.84. The predicted molar refractivity (Wildman–Crippen MR) is 70.1 cm³/mol. The monoisotopic (exact) mass is 232 g/mol. The van der Waals surface area contributed by atoms with Crippen molar-refractivity contribution in [3.63, 3.8) is 0 Å². The number of benzene rings is 1. The van der Waals surface area contributed by atoms with Crippen LogP contribution < -0.4 is 10.2 Å². The van der Waals surface area contributed by atoms with Gasteiger partial charge in [-0.25, -0.2) is 0 Å². The zero-order chi connectivity index (χ0) is 12.3. The van der Waals surface area contributed by atoms with E-state index in [4.69, 9.17) is 0 Å². The van der Waals surface area contributed by atoms with Gasteiger partial charge in [0.15, 0.2) is 0 Å². The van der Waals surface area contributed by atoms with Gasteiger partial charge in [0.1, 0.15) is 6.17 Å². The Bertz CT molecular complexity index is 383. The molecule has 0 saturated carbocycles. The maximum atomic E-state index is 10.6. The van der Waals surface area contributed by atoms with Gasteiger partial charge < -0.3 is 10.2 Å². The summed E-state index contributed by atoms with van der Waals surface area (Å²) >= 11 is 0. The highest BCUT2D eigenvalue weighted by Gasteiger charge is 2.22. The lowest BCUT2D eigenvalue weighted by Gasteiger charge is -2.37. The smallest absolute Gasteiger partial charge is 0.208 e. The molecule has 3 nitrogen and oxygen atoms in total. The van der Waals surface area contributed by atoms with E-state index >= 15 is 0 Å². The van der Waals surface area contributed by atoms with E-state index in [9.17, 15) is 4.79 Å². The van der Waals surface area contributed by atoms with Crippen molar-refractivity contribution in [1.29, 1.82) is 0 Å². The van der Waals surface area contributed by atoms with Crippen LogP contribution in [0, 0.1) is 13.8 Å². The molecule has 1 aliphatic rings. The number of hydrogen-bond acceptors (Lipinski definition) is 2. The van der Waals surface area contributed by atoms with Crippen LogP contribution in [0.2, 0.25) is 0 Å². The van der Waals surface area contributed by atoms with Crippen molar-refractivity contribution >= 4 is 12.1 Å². The van der Waals surface area contributed by atoms with Crippen LogP contribution in [0.1, 0.15) is 30.4 Å². The van der Waals surface area contributed by atoms with Crippen molar-refractivity contribution in [3.05, 3.63) is 29.3 Å². The van der Waals surface area contributed by atoms with Crippen molar-refractivity contribution in [1.82, 2.24) is 5.32 Å². The minimum Gasteiger partial charge on any atom is -0.351 e. The quantitative estimate of drug-likeness (QED) is 0.811. The molecule has 1 aliphatic heterocycles. The lowest BCUT2D eigenvalue weighted by atomic mass is 10.0. The molecule has 2 rings (SSSR count). The third kappa shape index (κ3) is 2.78. The Balaban J connectivity index is 2.25. The van der Waals surface area contributed by atoms with E-state index in [1.807, 2.05) is 0 Å². The first-order valence-electron chi connectivity index (χ1n) is 6.25. The molecular weight excluding hydrogens is 212 g/mol. The number of piperidine rings is 1. The number of nitrogens with zero attached hydrogens (tertiary/aromatic N) is 1. The number of aryl methyl sites for hydroxylation is 2. The summed E-state index contributed by atoms with van der Waals surface area (Å²) in [5.74, 6) is 0. The number of rotatable bonds is 3. The fourth-order valence-corrected chi connectivity index (χ4v) is 2.61. The molecule has 1 unspecified atom stereocenters. The minimum absolute atomic E-state index is 0.155. The van der Waals surface area contributed by atoms with Gasteiger partial charge in [-0.2, -0.15) is 0 Å². The van der Waals surface area contributed by atoms with Gasteiger partial charge in [-0.15, -0.1) is 0 Å². The lowest BCUT2D eigenvalue weighted by Crippen LogP contribution is -2.48. The highest BCUT2D eigenvalue weighted by atomic mass is 16.1. The van der Waals surface area contributed by atoms with E-state index < -0.39 is 0 Å². The second kappa shape index (κ2) is 5.21. The SMILES string of the molecule is Cc1cc(C)cc(N2CCCCC2NC=O)c1. The van der Waals surface area contributed by atoms with E-state index in [0.717, 1.165) is 19.4 Å². The number of carbonyl (C=O) groups is 1. The Morgan fingerprint density at radius 3 is 2.59 bits per heavy atom. The van der Waals surface area contributed by atoms with Crippen molar-refractivity contribution in [2.75, 3.05) is 11.4 Å². The van der Waals surface area contributed by atoms with Crippen LogP contribution in [-0.2, 0) is 4.79 Å². The molecule has 1 N–H and O–H groups in total. The summed E-state index contributed by atoms with van der Waals surface area (Å²) < 4.78 is 0. The molecule has 0 aliphatic carbocycles. The fourth-order valence-electron chi connectivity index (χ4n) is 2.61. The topological polar surface area (TPSA) is 32.3 Å². The molecule has 1 aromatic carbocycles. The minimum atomic E-state index is 0.155. The predicted octanol–water partition coefficient (Wildman–Crippen LogP) is 2.37. The fraction of sp³-hybridized carbons (Fsp3) is 0.500. The molecule has 0 aromatic heterocycles. The van der Waals surface area contributed by atoms with Gasteiger partial charge >= 0.3 is 0 Å². The first-order chi connectivity index (χ1) is 8.20. The summed E-state index contributed by atoms with van der Waals surface area (Å²) in [4.78, 5) is 12.9. The first kappa shape index (κ1) is 12.0. The zero-order valence-corrected chi connectivity index (χ0v) is 10.6. The van der Waals surface area contributed by atoms with Crippen LogP contribution in [-0.4, -0.2) is 19.1 Å². The Morgan fingerprint density at radius 2 is 1.94 bits per heavy atom.